The van der Waals surface area contributed by atoms with Crippen molar-refractivity contribution in [2.24, 2.45) is 0 Å². The molecule has 1 aliphatic rings. The zero-order valence-corrected chi connectivity index (χ0v) is 7.97. The summed E-state index contributed by atoms with van der Waals surface area (Å²) in [6.45, 7) is 1.94. The van der Waals surface area contributed by atoms with Gasteiger partial charge in [-0.25, -0.2) is 4.68 Å². The molecule has 0 N–H and O–H groups in total. The van der Waals surface area contributed by atoms with E-state index in [0.717, 1.165) is 0 Å². The minimum absolute atomic E-state index is 0.0781. The Labute approximate surface area is 81.2 Å². The molecule has 0 amide bonds. The van der Waals surface area contributed by atoms with Crippen molar-refractivity contribution < 1.29 is 9.90 Å². The van der Waals surface area contributed by atoms with Crippen LogP contribution in [-0.2, 0) is 0 Å². The molecule has 5 heteroatoms. The average molecular weight is 192 g/mol. The van der Waals surface area contributed by atoms with E-state index in [1.54, 1.807) is 16.6 Å². The molecule has 0 aromatic carbocycles. The Bertz CT molecular complexity index is 408. The van der Waals surface area contributed by atoms with E-state index >= 15 is 0 Å². The van der Waals surface area contributed by atoms with Crippen LogP contribution in [0.1, 0.15) is 23.3 Å². The number of aromatic nitrogens is 2. The van der Waals surface area contributed by atoms with Crippen LogP contribution in [0.25, 0.3) is 0 Å². The van der Waals surface area contributed by atoms with E-state index in [0.29, 0.717) is 5.82 Å². The zero-order valence-electron chi connectivity index (χ0n) is 7.97. The molecule has 1 aliphatic heterocycles. The smallest absolute Gasteiger partial charge is 0.140 e. The van der Waals surface area contributed by atoms with Crippen LogP contribution in [-0.4, -0.2) is 22.8 Å². The van der Waals surface area contributed by atoms with Crippen LogP contribution >= 0.6 is 0 Å². The number of hydrogen-bond donors (Lipinski definition) is 0. The molecule has 0 radical (unpaired) electrons. The second-order valence-electron chi connectivity index (χ2n) is 3.31. The van der Waals surface area contributed by atoms with Gasteiger partial charge in [0.05, 0.1) is 23.8 Å². The molecule has 2 heterocycles. The Morgan fingerprint density at radius 1 is 1.64 bits per heavy atom. The minimum atomic E-state index is -1.19. The lowest BCUT2D eigenvalue weighted by atomic mass is 10.2. The highest BCUT2D eigenvalue weighted by Crippen LogP contribution is 2.27. The van der Waals surface area contributed by atoms with Crippen molar-refractivity contribution in [3.63, 3.8) is 0 Å². The van der Waals surface area contributed by atoms with Crippen LogP contribution in [0.2, 0.25) is 0 Å². The van der Waals surface area contributed by atoms with Gasteiger partial charge in [0.15, 0.2) is 0 Å². The molecule has 0 saturated heterocycles. The number of rotatable bonds is 1. The average Bonchev–Trinajstić information content (AvgIpc) is 2.56. The van der Waals surface area contributed by atoms with Gasteiger partial charge in [-0.05, 0) is 13.0 Å². The van der Waals surface area contributed by atoms with Gasteiger partial charge >= 0.3 is 0 Å². The van der Waals surface area contributed by atoms with E-state index in [9.17, 15) is 9.90 Å². The summed E-state index contributed by atoms with van der Waals surface area (Å²) in [7, 11) is 1.78. The molecule has 0 spiro atoms. The van der Waals surface area contributed by atoms with Gasteiger partial charge in [0.2, 0.25) is 0 Å². The number of carboxylic acid groups (broad SMARTS) is 1. The van der Waals surface area contributed by atoms with E-state index in [1.807, 2.05) is 19.2 Å². The lowest BCUT2D eigenvalue weighted by Gasteiger charge is -2.25. The van der Waals surface area contributed by atoms with E-state index < -0.39 is 5.97 Å². The van der Waals surface area contributed by atoms with Crippen molar-refractivity contribution in [3.8, 4) is 0 Å². The van der Waals surface area contributed by atoms with Crippen molar-refractivity contribution in [1.82, 2.24) is 9.78 Å². The van der Waals surface area contributed by atoms with Crippen LogP contribution in [0.15, 0.2) is 18.5 Å². The SMILES string of the molecule is C[C@@H]1C=CN(C)c2c(C(=O)[O-])cnn21. The lowest BCUT2D eigenvalue weighted by molar-refractivity contribution is -0.254. The molecule has 1 aromatic heterocycles. The first kappa shape index (κ1) is 8.80. The zero-order chi connectivity index (χ0) is 10.3. The fourth-order valence-corrected chi connectivity index (χ4v) is 1.56. The maximum atomic E-state index is 10.8. The lowest BCUT2D eigenvalue weighted by Crippen LogP contribution is -2.27. The second-order valence-corrected chi connectivity index (χ2v) is 3.31. The van der Waals surface area contributed by atoms with Gasteiger partial charge in [-0.3, -0.25) is 0 Å². The molecule has 74 valence electrons. The molecular formula is C9H10N3O2-. The van der Waals surface area contributed by atoms with Gasteiger partial charge in [0.25, 0.3) is 0 Å². The number of aromatic carboxylic acids is 1. The predicted octanol–water partition coefficient (Wildman–Crippen LogP) is -0.229. The van der Waals surface area contributed by atoms with E-state index in [-0.39, 0.29) is 11.6 Å². The number of nitrogens with zero attached hydrogens (tertiary/aromatic N) is 3. The Balaban J connectivity index is 2.57. The molecule has 0 aliphatic carbocycles. The first-order valence-corrected chi connectivity index (χ1v) is 4.31. The monoisotopic (exact) mass is 192 g/mol. The third-order valence-electron chi connectivity index (χ3n) is 2.30. The minimum Gasteiger partial charge on any atom is -0.545 e. The standard InChI is InChI=1S/C9H11N3O2/c1-6-3-4-11(2)8-7(9(13)14)5-10-12(6)8/h3-6H,1-2H3,(H,13,14)/p-1/t6-/m1/s1. The predicted molar refractivity (Wildman–Crippen MR) is 48.8 cm³/mol. The van der Waals surface area contributed by atoms with Crippen LogP contribution in [0.4, 0.5) is 5.82 Å². The number of carboxylic acids is 1. The molecule has 1 atom stereocenters. The van der Waals surface area contributed by atoms with Crippen LogP contribution in [0.5, 0.6) is 0 Å². The number of hydrogen-bond acceptors (Lipinski definition) is 4. The highest BCUT2D eigenvalue weighted by molar-refractivity contribution is 5.92. The van der Waals surface area contributed by atoms with Crippen LogP contribution in [0.3, 0.4) is 0 Å². The van der Waals surface area contributed by atoms with E-state index in [1.165, 1.54) is 6.20 Å². The van der Waals surface area contributed by atoms with Crippen molar-refractivity contribution in [2.75, 3.05) is 11.9 Å². The summed E-state index contributed by atoms with van der Waals surface area (Å²) in [6, 6.07) is 0.0781. The molecule has 14 heavy (non-hydrogen) atoms. The third kappa shape index (κ3) is 1.09. The maximum absolute atomic E-state index is 10.8. The number of allylic oxidation sites excluding steroid dienone is 1. The summed E-state index contributed by atoms with van der Waals surface area (Å²) in [5.41, 5.74) is 0.128. The molecule has 1 aromatic rings. The van der Waals surface area contributed by atoms with Crippen LogP contribution in [0, 0.1) is 0 Å². The fourth-order valence-electron chi connectivity index (χ4n) is 1.56. The van der Waals surface area contributed by atoms with Crippen molar-refractivity contribution in [1.29, 1.82) is 0 Å². The Hall–Kier alpha value is -1.78. The highest BCUT2D eigenvalue weighted by Gasteiger charge is 2.20. The first-order chi connectivity index (χ1) is 6.61. The molecule has 0 unspecified atom stereocenters. The molecule has 0 bridgehead atoms. The third-order valence-corrected chi connectivity index (χ3v) is 2.30. The van der Waals surface area contributed by atoms with Crippen molar-refractivity contribution in [2.45, 2.75) is 13.0 Å². The first-order valence-electron chi connectivity index (χ1n) is 4.31. The summed E-state index contributed by atoms with van der Waals surface area (Å²) in [6.07, 6.45) is 5.10. The van der Waals surface area contributed by atoms with Crippen LogP contribution < -0.4 is 10.0 Å². The second kappa shape index (κ2) is 2.87. The summed E-state index contributed by atoms with van der Waals surface area (Å²) in [5.74, 6) is -0.624. The topological polar surface area (TPSA) is 61.2 Å². The summed E-state index contributed by atoms with van der Waals surface area (Å²) in [4.78, 5) is 12.5. The fraction of sp³-hybridized carbons (Fsp3) is 0.333. The number of fused-ring (bicyclic) bond motifs is 1. The molecule has 2 rings (SSSR count). The Kier molecular flexibility index (Phi) is 1.80. The van der Waals surface area contributed by atoms with Gasteiger partial charge in [-0.1, -0.05) is 0 Å². The summed E-state index contributed by atoms with van der Waals surface area (Å²) < 4.78 is 1.66. The normalized spacial score (nSPS) is 19.6. The quantitative estimate of drug-likeness (QED) is 0.616. The van der Waals surface area contributed by atoms with Gasteiger partial charge < -0.3 is 14.8 Å². The van der Waals surface area contributed by atoms with Gasteiger partial charge in [-0.15, -0.1) is 0 Å². The number of anilines is 1. The highest BCUT2D eigenvalue weighted by atomic mass is 16.4. The van der Waals surface area contributed by atoms with Gasteiger partial charge in [-0.2, -0.15) is 5.10 Å². The van der Waals surface area contributed by atoms with Gasteiger partial charge in [0.1, 0.15) is 5.82 Å². The Morgan fingerprint density at radius 2 is 2.36 bits per heavy atom. The van der Waals surface area contributed by atoms with Crippen molar-refractivity contribution >= 4 is 11.8 Å². The molecule has 0 fully saturated rings. The van der Waals surface area contributed by atoms with E-state index in [2.05, 4.69) is 5.10 Å². The Morgan fingerprint density at radius 3 is 3.00 bits per heavy atom. The molecular weight excluding hydrogens is 182 g/mol. The maximum Gasteiger partial charge on any atom is 0.140 e. The van der Waals surface area contributed by atoms with Crippen molar-refractivity contribution in [3.05, 3.63) is 24.0 Å². The van der Waals surface area contributed by atoms with E-state index in [4.69, 9.17) is 0 Å². The summed E-state index contributed by atoms with van der Waals surface area (Å²) in [5, 5.41) is 14.8. The molecule has 5 nitrogen and oxygen atoms in total. The number of carbonyl (C=O) groups is 1. The largest absolute Gasteiger partial charge is 0.545 e. The molecule has 0 saturated carbocycles. The van der Waals surface area contributed by atoms with Gasteiger partial charge in [0, 0.05) is 13.2 Å². The summed E-state index contributed by atoms with van der Waals surface area (Å²) >= 11 is 0. The number of carbonyl (C=O) groups excluding carboxylic acids is 1.